The molecular formula is C20H18ClN3O4S. The first-order valence-corrected chi connectivity index (χ1v) is 10.4. The van der Waals surface area contributed by atoms with Crippen molar-refractivity contribution >= 4 is 52.0 Å². The largest absolute Gasteiger partial charge is 0.466 e. The molecule has 0 aliphatic carbocycles. The Kier molecular flexibility index (Phi) is 5.64. The second kappa shape index (κ2) is 8.34. The van der Waals surface area contributed by atoms with Crippen LogP contribution in [0.2, 0.25) is 5.02 Å². The molecule has 9 heteroatoms. The highest BCUT2D eigenvalue weighted by Gasteiger charge is 2.29. The fourth-order valence-electron chi connectivity index (χ4n) is 3.20. The number of aryl methyl sites for hydroxylation is 1. The minimum Gasteiger partial charge on any atom is -0.466 e. The molecule has 0 saturated carbocycles. The molecule has 4 rings (SSSR count). The zero-order valence-electron chi connectivity index (χ0n) is 15.3. The molecular weight excluding hydrogens is 414 g/mol. The minimum atomic E-state index is -0.549. The summed E-state index contributed by atoms with van der Waals surface area (Å²) in [4.78, 5) is 40.1. The second-order valence-corrected chi connectivity index (χ2v) is 8.29. The number of para-hydroxylation sites is 2. The number of rotatable bonds is 6. The maximum Gasteiger partial charge on any atom is 0.326 e. The van der Waals surface area contributed by atoms with Gasteiger partial charge in [0.1, 0.15) is 0 Å². The monoisotopic (exact) mass is 431 g/mol. The van der Waals surface area contributed by atoms with Crippen LogP contribution in [0.5, 0.6) is 0 Å². The van der Waals surface area contributed by atoms with Crippen LogP contribution in [0.3, 0.4) is 0 Å². The number of aromatic amines is 1. The number of nitrogens with one attached hydrogen (secondary N) is 2. The molecule has 2 aromatic carbocycles. The van der Waals surface area contributed by atoms with Crippen LogP contribution in [0.1, 0.15) is 12.8 Å². The Morgan fingerprint density at radius 2 is 2.03 bits per heavy atom. The predicted molar refractivity (Wildman–Crippen MR) is 112 cm³/mol. The molecule has 1 atom stereocenters. The van der Waals surface area contributed by atoms with E-state index in [1.807, 2.05) is 30.3 Å². The molecule has 1 aliphatic rings. The van der Waals surface area contributed by atoms with Gasteiger partial charge >= 0.3 is 11.7 Å². The van der Waals surface area contributed by atoms with Gasteiger partial charge in [0.25, 0.3) is 0 Å². The summed E-state index contributed by atoms with van der Waals surface area (Å²) in [5, 5.41) is 2.76. The number of aromatic nitrogens is 2. The number of fused-ring (bicyclic) bond motifs is 2. The van der Waals surface area contributed by atoms with Crippen molar-refractivity contribution < 1.29 is 14.3 Å². The van der Waals surface area contributed by atoms with Crippen LogP contribution in [-0.2, 0) is 20.9 Å². The summed E-state index contributed by atoms with van der Waals surface area (Å²) in [6.07, 6.45) is 0.477. The van der Waals surface area contributed by atoms with Crippen molar-refractivity contribution in [1.82, 2.24) is 9.55 Å². The van der Waals surface area contributed by atoms with Crippen LogP contribution in [0.15, 0.2) is 52.2 Å². The number of anilines is 1. The molecule has 1 aliphatic heterocycles. The number of hydrogen-bond donors (Lipinski definition) is 2. The lowest BCUT2D eigenvalue weighted by Gasteiger charge is -2.23. The Morgan fingerprint density at radius 3 is 2.90 bits per heavy atom. The molecule has 1 amide bonds. The van der Waals surface area contributed by atoms with E-state index in [0.29, 0.717) is 23.7 Å². The third kappa shape index (κ3) is 4.33. The van der Waals surface area contributed by atoms with E-state index in [1.54, 1.807) is 16.7 Å². The van der Waals surface area contributed by atoms with Crippen LogP contribution in [0.25, 0.3) is 11.0 Å². The number of amides is 1. The fraction of sp³-hybridized carbons (Fsp3) is 0.250. The normalized spacial score (nSPS) is 15.8. The summed E-state index contributed by atoms with van der Waals surface area (Å²) < 4.78 is 6.89. The van der Waals surface area contributed by atoms with Crippen molar-refractivity contribution in [2.24, 2.45) is 0 Å². The van der Waals surface area contributed by atoms with Gasteiger partial charge in [-0.1, -0.05) is 23.7 Å². The summed E-state index contributed by atoms with van der Waals surface area (Å²) in [6.45, 7) is 0.610. The Balaban J connectivity index is 1.28. The number of hydrogen-bond acceptors (Lipinski definition) is 5. The van der Waals surface area contributed by atoms with Gasteiger partial charge in [-0.15, -0.1) is 11.8 Å². The third-order valence-electron chi connectivity index (χ3n) is 4.58. The van der Waals surface area contributed by atoms with E-state index >= 15 is 0 Å². The predicted octanol–water partition coefficient (Wildman–Crippen LogP) is 3.42. The quantitative estimate of drug-likeness (QED) is 0.460. The highest BCUT2D eigenvalue weighted by molar-refractivity contribution is 8.01. The van der Waals surface area contributed by atoms with E-state index in [4.69, 9.17) is 16.3 Å². The van der Waals surface area contributed by atoms with Crippen LogP contribution in [0, 0.1) is 0 Å². The Bertz CT molecular complexity index is 1140. The zero-order chi connectivity index (χ0) is 20.4. The van der Waals surface area contributed by atoms with E-state index in [-0.39, 0.29) is 24.6 Å². The van der Waals surface area contributed by atoms with Crippen LogP contribution < -0.4 is 11.0 Å². The minimum absolute atomic E-state index is 0.0222. The lowest BCUT2D eigenvalue weighted by Crippen LogP contribution is -2.31. The maximum absolute atomic E-state index is 12.2. The topological polar surface area (TPSA) is 93.2 Å². The average Bonchev–Trinajstić information content (AvgIpc) is 3.01. The molecule has 7 nitrogen and oxygen atoms in total. The lowest BCUT2D eigenvalue weighted by atomic mass is 10.2. The highest BCUT2D eigenvalue weighted by atomic mass is 35.5. The Morgan fingerprint density at radius 1 is 1.21 bits per heavy atom. The number of nitrogens with zero attached hydrogens (tertiary/aromatic N) is 1. The molecule has 2 N–H and O–H groups in total. The smallest absolute Gasteiger partial charge is 0.326 e. The molecule has 150 valence electrons. The highest BCUT2D eigenvalue weighted by Crippen LogP contribution is 2.38. The first-order valence-electron chi connectivity index (χ1n) is 9.11. The van der Waals surface area contributed by atoms with Gasteiger partial charge in [0.2, 0.25) is 5.91 Å². The standard InChI is InChI=1S/C20H18ClN3O4S/c21-12-6-7-16-14(10-12)22-19(26)17(29-16)11-18(25)28-9-3-8-24-15-5-2-1-4-13(15)23-20(24)27/h1-2,4-7,10,17H,3,8-9,11H2,(H,22,26)(H,23,27)/t17-/m1/s1. The number of halogens is 1. The lowest BCUT2D eigenvalue weighted by molar-refractivity contribution is -0.144. The van der Waals surface area contributed by atoms with E-state index in [2.05, 4.69) is 10.3 Å². The second-order valence-electron chi connectivity index (χ2n) is 6.61. The van der Waals surface area contributed by atoms with Gasteiger partial charge in [-0.05, 0) is 36.8 Å². The van der Waals surface area contributed by atoms with Gasteiger partial charge in [0.05, 0.1) is 35.0 Å². The van der Waals surface area contributed by atoms with E-state index in [0.717, 1.165) is 15.9 Å². The number of ether oxygens (including phenoxy) is 1. The molecule has 0 spiro atoms. The SMILES string of the molecule is O=C(C[C@H]1Sc2ccc(Cl)cc2NC1=O)OCCCn1c(=O)[nH]c2ccccc21. The van der Waals surface area contributed by atoms with E-state index < -0.39 is 11.2 Å². The summed E-state index contributed by atoms with van der Waals surface area (Å²) in [6, 6.07) is 12.7. The average molecular weight is 432 g/mol. The summed E-state index contributed by atoms with van der Waals surface area (Å²) >= 11 is 7.26. The van der Waals surface area contributed by atoms with Crippen LogP contribution >= 0.6 is 23.4 Å². The number of H-pyrrole nitrogens is 1. The molecule has 2 heterocycles. The summed E-state index contributed by atoms with van der Waals surface area (Å²) in [5.41, 5.74) is 2.06. The molecule has 1 aromatic heterocycles. The number of esters is 1. The van der Waals surface area contributed by atoms with Gasteiger partial charge < -0.3 is 15.0 Å². The molecule has 0 fully saturated rings. The number of benzene rings is 2. The van der Waals surface area contributed by atoms with Crippen molar-refractivity contribution in [2.45, 2.75) is 29.5 Å². The van der Waals surface area contributed by atoms with Gasteiger partial charge in [-0.2, -0.15) is 0 Å². The molecule has 3 aromatic rings. The van der Waals surface area contributed by atoms with Crippen LogP contribution in [0.4, 0.5) is 5.69 Å². The van der Waals surface area contributed by atoms with Crippen molar-refractivity contribution in [3.63, 3.8) is 0 Å². The molecule has 0 saturated heterocycles. The summed E-state index contributed by atoms with van der Waals surface area (Å²) in [7, 11) is 0. The molecule has 29 heavy (non-hydrogen) atoms. The number of carbonyl (C=O) groups is 2. The van der Waals surface area contributed by atoms with E-state index in [9.17, 15) is 14.4 Å². The molecule has 0 radical (unpaired) electrons. The third-order valence-corrected chi connectivity index (χ3v) is 6.09. The number of thioether (sulfide) groups is 1. The van der Waals surface area contributed by atoms with Gasteiger partial charge in [0, 0.05) is 16.5 Å². The number of imidazole rings is 1. The molecule has 0 bridgehead atoms. The van der Waals surface area contributed by atoms with Crippen molar-refractivity contribution in [2.75, 3.05) is 11.9 Å². The first-order chi connectivity index (χ1) is 14.0. The van der Waals surface area contributed by atoms with Crippen LogP contribution in [-0.4, -0.2) is 33.3 Å². The van der Waals surface area contributed by atoms with Gasteiger partial charge in [-0.3, -0.25) is 14.2 Å². The Hall–Kier alpha value is -2.71. The van der Waals surface area contributed by atoms with E-state index in [1.165, 1.54) is 11.8 Å². The van der Waals surface area contributed by atoms with Gasteiger partial charge in [-0.25, -0.2) is 4.79 Å². The Labute approximate surface area is 175 Å². The van der Waals surface area contributed by atoms with Crippen molar-refractivity contribution in [3.8, 4) is 0 Å². The maximum atomic E-state index is 12.2. The number of carbonyl (C=O) groups excluding carboxylic acids is 2. The molecule has 0 unspecified atom stereocenters. The fourth-order valence-corrected chi connectivity index (χ4v) is 4.45. The zero-order valence-corrected chi connectivity index (χ0v) is 16.9. The summed E-state index contributed by atoms with van der Waals surface area (Å²) in [5.74, 6) is -0.687. The first kappa shape index (κ1) is 19.6. The van der Waals surface area contributed by atoms with Crippen molar-refractivity contribution in [1.29, 1.82) is 0 Å². The van der Waals surface area contributed by atoms with Crippen molar-refractivity contribution in [3.05, 3.63) is 58.0 Å². The van der Waals surface area contributed by atoms with Gasteiger partial charge in [0.15, 0.2) is 0 Å².